The van der Waals surface area contributed by atoms with Gasteiger partial charge in [0, 0.05) is 19.3 Å². The van der Waals surface area contributed by atoms with E-state index in [1.807, 2.05) is 0 Å². The summed E-state index contributed by atoms with van der Waals surface area (Å²) in [4.78, 5) is 48.5. The summed E-state index contributed by atoms with van der Waals surface area (Å²) in [7, 11) is -4.76. The number of unbranched alkanes of at least 4 members (excludes halogenated alkanes) is 26. The Morgan fingerprint density at radius 2 is 0.716 bits per heavy atom. The zero-order valence-electron chi connectivity index (χ0n) is 47.3. The van der Waals surface area contributed by atoms with Crippen molar-refractivity contribution in [2.24, 2.45) is 0 Å². The largest absolute Gasteiger partial charge is 0.472 e. The molecule has 11 nitrogen and oxygen atoms in total. The van der Waals surface area contributed by atoms with Crippen LogP contribution in [0.15, 0.2) is 72.9 Å². The van der Waals surface area contributed by atoms with Gasteiger partial charge in [0.1, 0.15) is 12.7 Å². The van der Waals surface area contributed by atoms with Gasteiger partial charge in [-0.05, 0) is 83.5 Å². The van der Waals surface area contributed by atoms with E-state index in [1.165, 1.54) is 96.3 Å². The number of allylic oxidation sites excluding steroid dienone is 12. The van der Waals surface area contributed by atoms with Gasteiger partial charge >= 0.3 is 25.7 Å². The van der Waals surface area contributed by atoms with Crippen molar-refractivity contribution in [3.63, 3.8) is 0 Å². The highest BCUT2D eigenvalue weighted by Gasteiger charge is 2.28. The van der Waals surface area contributed by atoms with E-state index in [-0.39, 0.29) is 25.9 Å². The number of hydrogen-bond donors (Lipinski definition) is 2. The van der Waals surface area contributed by atoms with Crippen molar-refractivity contribution in [3.05, 3.63) is 72.9 Å². The van der Waals surface area contributed by atoms with E-state index < -0.39 is 57.8 Å². The maximum atomic E-state index is 12.9. The topological polar surface area (TPSA) is 155 Å². The molecule has 12 heteroatoms. The van der Waals surface area contributed by atoms with Gasteiger partial charge in [-0.25, -0.2) is 4.57 Å². The van der Waals surface area contributed by atoms with Gasteiger partial charge in [-0.3, -0.25) is 23.4 Å². The van der Waals surface area contributed by atoms with Gasteiger partial charge in [-0.1, -0.05) is 235 Å². The highest BCUT2D eigenvalue weighted by molar-refractivity contribution is 7.47. The maximum absolute atomic E-state index is 12.9. The third-order valence-electron chi connectivity index (χ3n) is 12.6. The average molecular weight is 1060 g/mol. The Labute approximate surface area is 452 Å². The molecule has 74 heavy (non-hydrogen) atoms. The van der Waals surface area contributed by atoms with Crippen molar-refractivity contribution in [1.29, 1.82) is 0 Å². The number of phosphoric acid groups is 1. The quantitative estimate of drug-likeness (QED) is 0.0197. The highest BCUT2D eigenvalue weighted by Crippen LogP contribution is 2.43. The molecular weight excluding hydrogens is 952 g/mol. The van der Waals surface area contributed by atoms with Crippen molar-refractivity contribution < 1.29 is 52.2 Å². The molecule has 0 radical (unpaired) electrons. The van der Waals surface area contributed by atoms with Crippen LogP contribution in [0.1, 0.15) is 265 Å². The number of aliphatic hydroxyl groups is 1. The molecule has 0 aliphatic carbocycles. The lowest BCUT2D eigenvalue weighted by molar-refractivity contribution is -0.161. The Morgan fingerprint density at radius 3 is 1.15 bits per heavy atom. The smallest absolute Gasteiger partial charge is 0.462 e. The van der Waals surface area contributed by atoms with Crippen molar-refractivity contribution >= 4 is 25.7 Å². The van der Waals surface area contributed by atoms with Crippen LogP contribution in [-0.4, -0.2) is 66.5 Å². The summed E-state index contributed by atoms with van der Waals surface area (Å²) in [5.74, 6) is -1.51. The van der Waals surface area contributed by atoms with Gasteiger partial charge in [0.25, 0.3) is 0 Å². The molecule has 2 N–H and O–H groups in total. The molecule has 0 aliphatic rings. The Bertz CT molecular complexity index is 1520. The summed E-state index contributed by atoms with van der Waals surface area (Å²) in [6.45, 7) is 4.47. The molecule has 0 spiro atoms. The summed E-state index contributed by atoms with van der Waals surface area (Å²) in [5.41, 5.74) is 0. The third-order valence-corrected chi connectivity index (χ3v) is 13.6. The van der Waals surface area contributed by atoms with E-state index in [2.05, 4.69) is 93.7 Å². The van der Waals surface area contributed by atoms with E-state index in [0.29, 0.717) is 19.3 Å². The van der Waals surface area contributed by atoms with Gasteiger partial charge in [-0.15, -0.1) is 0 Å². The molecule has 0 rings (SSSR count). The van der Waals surface area contributed by atoms with Crippen LogP contribution >= 0.6 is 7.82 Å². The third kappa shape index (κ3) is 53.7. The minimum atomic E-state index is -4.76. The first kappa shape index (κ1) is 70.9. The minimum absolute atomic E-state index is 0.126. The molecule has 0 amide bonds. The van der Waals surface area contributed by atoms with E-state index in [1.54, 1.807) is 0 Å². The molecule has 0 aromatic rings. The molecule has 0 saturated heterocycles. The number of carbonyl (C=O) groups is 3. The fourth-order valence-corrected chi connectivity index (χ4v) is 8.85. The second kappa shape index (κ2) is 56.1. The Kier molecular flexibility index (Phi) is 53.8. The number of rotatable bonds is 55. The molecule has 0 aromatic carbocycles. The number of phosphoric ester groups is 1. The van der Waals surface area contributed by atoms with Gasteiger partial charge in [0.05, 0.1) is 19.8 Å². The zero-order chi connectivity index (χ0) is 54.1. The van der Waals surface area contributed by atoms with E-state index >= 15 is 0 Å². The number of aliphatic hydroxyl groups excluding tert-OH is 1. The summed E-state index contributed by atoms with van der Waals surface area (Å²) >= 11 is 0. The average Bonchev–Trinajstić information content (AvgIpc) is 3.39. The molecule has 0 saturated carbocycles. The van der Waals surface area contributed by atoms with Crippen LogP contribution in [0.4, 0.5) is 0 Å². The molecule has 3 atom stereocenters. The Hall–Kier alpha value is -3.08. The van der Waals surface area contributed by atoms with E-state index in [9.17, 15) is 28.9 Å². The van der Waals surface area contributed by atoms with Crippen LogP contribution in [-0.2, 0) is 42.2 Å². The van der Waals surface area contributed by atoms with Crippen molar-refractivity contribution in [2.75, 3.05) is 26.4 Å². The van der Waals surface area contributed by atoms with Crippen LogP contribution in [0.3, 0.4) is 0 Å². The second-order valence-corrected chi connectivity index (χ2v) is 21.2. The normalized spacial score (nSPS) is 13.9. The van der Waals surface area contributed by atoms with E-state index in [0.717, 1.165) is 109 Å². The summed E-state index contributed by atoms with van der Waals surface area (Å²) < 4.78 is 39.5. The van der Waals surface area contributed by atoms with Crippen LogP contribution in [0, 0.1) is 0 Å². The molecule has 0 bridgehead atoms. The molecule has 0 aliphatic heterocycles. The molecule has 0 aromatic heterocycles. The van der Waals surface area contributed by atoms with Crippen LogP contribution in [0.25, 0.3) is 0 Å². The summed E-state index contributed by atoms with van der Waals surface area (Å²) in [6, 6.07) is 0. The number of esters is 3. The van der Waals surface area contributed by atoms with Gasteiger partial charge in [0.2, 0.25) is 0 Å². The number of hydrogen-bond acceptors (Lipinski definition) is 10. The standard InChI is InChI=1S/C62H109O11P/c1-4-7-10-13-16-19-22-24-26-28-29-31-33-35-38-41-44-47-50-53-62(66)73-59(55-69-60(64)51-48-45-42-39-36-21-18-15-12-9-6-3)57-71-74(67,68)70-56-58(54-63)72-61(65)52-49-46-43-40-37-34-32-30-27-25-23-20-17-14-11-8-5-2/h7,10,15-16,18-19,24,26,29,31,35,38,58-59,63H,4-6,8-9,11-14,17,20-23,25,27-28,30,32-34,36-37,39-57H2,1-3H3,(H,67,68)/b10-7-,18-15-,19-16-,26-24-,31-29-,38-35-. The van der Waals surface area contributed by atoms with Crippen LogP contribution < -0.4 is 0 Å². The second-order valence-electron chi connectivity index (χ2n) is 19.8. The predicted octanol–water partition coefficient (Wildman–Crippen LogP) is 17.7. The number of carbonyl (C=O) groups excluding carboxylic acids is 3. The predicted molar refractivity (Wildman–Crippen MR) is 307 cm³/mol. The first-order valence-corrected chi connectivity index (χ1v) is 31.3. The zero-order valence-corrected chi connectivity index (χ0v) is 48.2. The van der Waals surface area contributed by atoms with E-state index in [4.69, 9.17) is 23.3 Å². The van der Waals surface area contributed by atoms with Crippen molar-refractivity contribution in [2.45, 2.75) is 277 Å². The lowest BCUT2D eigenvalue weighted by Gasteiger charge is -2.21. The van der Waals surface area contributed by atoms with Crippen LogP contribution in [0.2, 0.25) is 0 Å². The first-order chi connectivity index (χ1) is 36.2. The lowest BCUT2D eigenvalue weighted by atomic mass is 10.0. The summed E-state index contributed by atoms with van der Waals surface area (Å²) in [6.07, 6.45) is 62.9. The maximum Gasteiger partial charge on any atom is 0.472 e. The lowest BCUT2D eigenvalue weighted by Crippen LogP contribution is -2.30. The molecule has 428 valence electrons. The highest BCUT2D eigenvalue weighted by atomic mass is 31.2. The monoisotopic (exact) mass is 1060 g/mol. The minimum Gasteiger partial charge on any atom is -0.462 e. The fraction of sp³-hybridized carbons (Fsp3) is 0.758. The molecular formula is C62H109O11P. The SMILES string of the molecule is CC/C=C\C/C=C\C/C=C\C/C=C\C/C=C\CCCCCC(=O)OC(COC(=O)CCCCCCC/C=C\CCCC)COP(=O)(O)OCC(CO)OC(=O)CCCCCCCCCCCCCCCCCCC. The Balaban J connectivity index is 4.70. The van der Waals surface area contributed by atoms with Crippen molar-refractivity contribution in [1.82, 2.24) is 0 Å². The summed E-state index contributed by atoms with van der Waals surface area (Å²) in [5, 5.41) is 9.83. The van der Waals surface area contributed by atoms with Gasteiger partial charge < -0.3 is 24.2 Å². The van der Waals surface area contributed by atoms with Crippen LogP contribution in [0.5, 0.6) is 0 Å². The first-order valence-electron chi connectivity index (χ1n) is 29.8. The molecule has 3 unspecified atom stereocenters. The van der Waals surface area contributed by atoms with Gasteiger partial charge in [-0.2, -0.15) is 0 Å². The molecule has 0 heterocycles. The van der Waals surface area contributed by atoms with Crippen molar-refractivity contribution in [3.8, 4) is 0 Å². The molecule has 0 fully saturated rings. The van der Waals surface area contributed by atoms with Gasteiger partial charge in [0.15, 0.2) is 6.10 Å². The number of ether oxygens (including phenoxy) is 3. The Morgan fingerprint density at radius 1 is 0.392 bits per heavy atom. The fourth-order valence-electron chi connectivity index (χ4n) is 8.07.